The molecule has 9 nitrogen and oxygen atoms in total. The van der Waals surface area contributed by atoms with Crippen LogP contribution in [0.3, 0.4) is 0 Å². The minimum Gasteiger partial charge on any atom is -0.488 e. The molecule has 0 unspecified atom stereocenters. The van der Waals surface area contributed by atoms with Crippen LogP contribution < -0.4 is 20.1 Å². The van der Waals surface area contributed by atoms with Crippen molar-refractivity contribution in [2.24, 2.45) is 0 Å². The van der Waals surface area contributed by atoms with Crippen molar-refractivity contribution < 1.29 is 28.6 Å². The largest absolute Gasteiger partial charge is 0.488 e. The number of carbonyl (C=O) groups excluding carboxylic acids is 2. The Kier molecular flexibility index (Phi) is 8.80. The first kappa shape index (κ1) is 25.7. The zero-order chi connectivity index (χ0) is 25.4. The van der Waals surface area contributed by atoms with Gasteiger partial charge in [0.2, 0.25) is 0 Å². The summed E-state index contributed by atoms with van der Waals surface area (Å²) in [5.41, 5.74) is 0.335. The SMILES string of the molecule is CCN/C=C\C(=N)NC(=O)c1cc(Oc2ccc(C(=O)N3CCC3)cc2F)cc(O[C@@H](C)CO)c1. The summed E-state index contributed by atoms with van der Waals surface area (Å²) < 4.78 is 26.0. The number of likely N-dealkylation sites (tertiary alicyclic amines) is 1. The number of aliphatic hydroxyl groups is 1. The lowest BCUT2D eigenvalue weighted by molar-refractivity contribution is 0.0651. The fraction of sp³-hybridized carbons (Fsp3) is 0.320. The molecule has 0 aliphatic carbocycles. The van der Waals surface area contributed by atoms with Gasteiger partial charge in [0.1, 0.15) is 23.4 Å². The van der Waals surface area contributed by atoms with Gasteiger partial charge < -0.3 is 30.1 Å². The molecule has 1 heterocycles. The lowest BCUT2D eigenvalue weighted by Gasteiger charge is -2.30. The first-order valence-electron chi connectivity index (χ1n) is 11.3. The Labute approximate surface area is 203 Å². The molecule has 2 aromatic carbocycles. The summed E-state index contributed by atoms with van der Waals surface area (Å²) in [6.45, 7) is 5.27. The summed E-state index contributed by atoms with van der Waals surface area (Å²) in [6.07, 6.45) is 3.31. The Morgan fingerprint density at radius 1 is 1.20 bits per heavy atom. The third-order valence-corrected chi connectivity index (χ3v) is 5.11. The quantitative estimate of drug-likeness (QED) is 0.304. The van der Waals surface area contributed by atoms with E-state index in [-0.39, 0.29) is 46.7 Å². The monoisotopic (exact) mass is 484 g/mol. The normalized spacial score (nSPS) is 13.7. The first-order chi connectivity index (χ1) is 16.8. The molecule has 1 aliphatic rings. The summed E-state index contributed by atoms with van der Waals surface area (Å²) >= 11 is 0. The summed E-state index contributed by atoms with van der Waals surface area (Å²) in [7, 11) is 0. The van der Waals surface area contributed by atoms with E-state index in [2.05, 4.69) is 10.6 Å². The number of halogens is 1. The van der Waals surface area contributed by atoms with E-state index >= 15 is 0 Å². The van der Waals surface area contributed by atoms with Gasteiger partial charge in [0.15, 0.2) is 11.6 Å². The van der Waals surface area contributed by atoms with E-state index in [4.69, 9.17) is 14.9 Å². The summed E-state index contributed by atoms with van der Waals surface area (Å²) in [6, 6.07) is 8.23. The van der Waals surface area contributed by atoms with Crippen LogP contribution in [0.25, 0.3) is 0 Å². The van der Waals surface area contributed by atoms with Crippen molar-refractivity contribution in [3.05, 3.63) is 65.6 Å². The van der Waals surface area contributed by atoms with Crippen LogP contribution in [0, 0.1) is 11.2 Å². The van der Waals surface area contributed by atoms with E-state index in [1.165, 1.54) is 36.4 Å². The molecule has 2 amide bonds. The number of nitrogens with zero attached hydrogens (tertiary/aromatic N) is 1. The zero-order valence-electron chi connectivity index (χ0n) is 19.6. The van der Waals surface area contributed by atoms with Crippen LogP contribution in [0.5, 0.6) is 17.2 Å². The highest BCUT2D eigenvalue weighted by atomic mass is 19.1. The Morgan fingerprint density at radius 2 is 1.94 bits per heavy atom. The van der Waals surface area contributed by atoms with Crippen LogP contribution in [0.1, 0.15) is 41.0 Å². The number of rotatable bonds is 10. The maximum Gasteiger partial charge on any atom is 0.257 e. The number of nitrogens with one attached hydrogen (secondary N) is 3. The number of hydrogen-bond donors (Lipinski definition) is 4. The molecule has 1 aliphatic heterocycles. The highest BCUT2D eigenvalue weighted by molar-refractivity contribution is 6.09. The first-order valence-corrected chi connectivity index (χ1v) is 11.3. The van der Waals surface area contributed by atoms with Crippen molar-refractivity contribution in [3.63, 3.8) is 0 Å². The van der Waals surface area contributed by atoms with Crippen LogP contribution >= 0.6 is 0 Å². The fourth-order valence-electron chi connectivity index (χ4n) is 3.14. The highest BCUT2D eigenvalue weighted by Gasteiger charge is 2.23. The molecule has 3 rings (SSSR count). The maximum atomic E-state index is 14.7. The van der Waals surface area contributed by atoms with Gasteiger partial charge in [0.05, 0.1) is 6.61 Å². The van der Waals surface area contributed by atoms with E-state index < -0.39 is 17.8 Å². The second kappa shape index (κ2) is 12.0. The fourth-order valence-corrected chi connectivity index (χ4v) is 3.14. The molecule has 10 heteroatoms. The highest BCUT2D eigenvalue weighted by Crippen LogP contribution is 2.30. The second-order valence-electron chi connectivity index (χ2n) is 7.96. The van der Waals surface area contributed by atoms with Gasteiger partial charge in [-0.2, -0.15) is 0 Å². The van der Waals surface area contributed by atoms with Crippen LogP contribution in [0.15, 0.2) is 48.7 Å². The lowest BCUT2D eigenvalue weighted by Crippen LogP contribution is -2.42. The average molecular weight is 485 g/mol. The summed E-state index contributed by atoms with van der Waals surface area (Å²) in [5, 5.41) is 22.5. The van der Waals surface area contributed by atoms with Gasteiger partial charge in [-0.05, 0) is 56.7 Å². The molecule has 0 radical (unpaired) electrons. The Balaban J connectivity index is 1.82. The topological polar surface area (TPSA) is 124 Å². The molecule has 186 valence electrons. The number of carbonyl (C=O) groups is 2. The van der Waals surface area contributed by atoms with Crippen molar-refractivity contribution >= 4 is 17.6 Å². The predicted octanol–water partition coefficient (Wildman–Crippen LogP) is 3.05. The number of aliphatic hydroxyl groups excluding tert-OH is 1. The number of benzene rings is 2. The lowest BCUT2D eigenvalue weighted by atomic mass is 10.1. The van der Waals surface area contributed by atoms with Gasteiger partial charge in [-0.1, -0.05) is 0 Å². The minimum atomic E-state index is -0.729. The number of ether oxygens (including phenoxy) is 2. The Morgan fingerprint density at radius 3 is 2.57 bits per heavy atom. The minimum absolute atomic E-state index is 0.105. The summed E-state index contributed by atoms with van der Waals surface area (Å²) in [5.74, 6) is -1.51. The van der Waals surface area contributed by atoms with Crippen LogP contribution in [-0.2, 0) is 0 Å². The smallest absolute Gasteiger partial charge is 0.257 e. The summed E-state index contributed by atoms with van der Waals surface area (Å²) in [4.78, 5) is 26.7. The molecule has 0 bridgehead atoms. The van der Waals surface area contributed by atoms with Gasteiger partial charge in [-0.25, -0.2) is 4.39 Å². The maximum absolute atomic E-state index is 14.7. The van der Waals surface area contributed by atoms with Gasteiger partial charge in [-0.3, -0.25) is 15.0 Å². The van der Waals surface area contributed by atoms with Gasteiger partial charge in [-0.15, -0.1) is 0 Å². The van der Waals surface area contributed by atoms with Crippen LogP contribution in [0.4, 0.5) is 4.39 Å². The van der Waals surface area contributed by atoms with Gasteiger partial charge in [0, 0.05) is 43.0 Å². The van der Waals surface area contributed by atoms with Crippen molar-refractivity contribution in [3.8, 4) is 17.2 Å². The molecule has 0 aromatic heterocycles. The Bertz CT molecular complexity index is 1120. The molecule has 2 aromatic rings. The van der Waals surface area contributed by atoms with E-state index in [0.29, 0.717) is 19.6 Å². The Hall–Kier alpha value is -3.92. The van der Waals surface area contributed by atoms with Crippen molar-refractivity contribution in [1.82, 2.24) is 15.5 Å². The number of hydrogen-bond acceptors (Lipinski definition) is 7. The molecule has 0 saturated carbocycles. The predicted molar refractivity (Wildman–Crippen MR) is 129 cm³/mol. The van der Waals surface area contributed by atoms with E-state index in [1.807, 2.05) is 6.92 Å². The molecular weight excluding hydrogens is 455 g/mol. The second-order valence-corrected chi connectivity index (χ2v) is 7.96. The standard InChI is InChI=1S/C25H29FN4O5/c1-3-28-8-7-23(27)29-24(32)18-11-19(34-16(2)15-31)14-20(12-18)35-22-6-5-17(13-21(22)26)25(33)30-9-4-10-30/h5-8,11-14,16,28,31H,3-4,9-10,15H2,1-2H3,(H2,27,29,32)/b8-7-/t16-/m0/s1. The molecule has 4 N–H and O–H groups in total. The van der Waals surface area contributed by atoms with E-state index in [1.54, 1.807) is 18.0 Å². The van der Waals surface area contributed by atoms with Gasteiger partial charge >= 0.3 is 0 Å². The van der Waals surface area contributed by atoms with E-state index in [9.17, 15) is 19.1 Å². The number of amides is 2. The molecule has 35 heavy (non-hydrogen) atoms. The number of amidine groups is 1. The van der Waals surface area contributed by atoms with Crippen molar-refractivity contribution in [1.29, 1.82) is 5.41 Å². The molecular formula is C25H29FN4O5. The van der Waals surface area contributed by atoms with Crippen molar-refractivity contribution in [2.45, 2.75) is 26.4 Å². The van der Waals surface area contributed by atoms with Crippen LogP contribution in [0.2, 0.25) is 0 Å². The molecule has 1 saturated heterocycles. The average Bonchev–Trinajstić information content (AvgIpc) is 2.79. The van der Waals surface area contributed by atoms with Crippen LogP contribution in [-0.4, -0.2) is 60.0 Å². The molecule has 1 atom stereocenters. The molecule has 1 fully saturated rings. The van der Waals surface area contributed by atoms with E-state index in [0.717, 1.165) is 12.5 Å². The van der Waals surface area contributed by atoms with Crippen molar-refractivity contribution in [2.75, 3.05) is 26.2 Å². The third kappa shape index (κ3) is 7.03. The third-order valence-electron chi connectivity index (χ3n) is 5.11. The zero-order valence-corrected chi connectivity index (χ0v) is 19.6. The molecule has 0 spiro atoms. The van der Waals surface area contributed by atoms with Gasteiger partial charge in [0.25, 0.3) is 11.8 Å².